The Bertz CT molecular complexity index is 2100. The third-order valence-electron chi connectivity index (χ3n) is 12.1. The maximum absolute atomic E-state index is 13.8. The zero-order chi connectivity index (χ0) is 43.8. The fourth-order valence-electron chi connectivity index (χ4n) is 8.58. The number of anilines is 1. The lowest BCUT2D eigenvalue weighted by molar-refractivity contribution is -0.172. The molecule has 0 spiro atoms. The van der Waals surface area contributed by atoms with Gasteiger partial charge in [-0.05, 0) is 107 Å². The van der Waals surface area contributed by atoms with Crippen LogP contribution in [0.5, 0.6) is 0 Å². The van der Waals surface area contributed by atoms with Gasteiger partial charge in [0.25, 0.3) is 5.91 Å². The van der Waals surface area contributed by atoms with Crippen molar-refractivity contribution in [2.75, 3.05) is 58.2 Å². The molecule has 0 aliphatic carbocycles. The summed E-state index contributed by atoms with van der Waals surface area (Å²) in [6.45, 7) is 11.1. The SMILES string of the molecule is C.CCOC(=O)OC(C)OC(=O)[C@@H]1CCCN1C.Cc1cc(C[C@@H](OC(=O)N2CCC(N3CCc4ccccc4NC3=O)CC2)C(=O)N2CCC(C)CC2)cc2oc(=O)n(C)c12. The molecule has 4 aliphatic heterocycles. The van der Waals surface area contributed by atoms with Gasteiger partial charge in [0.2, 0.25) is 6.29 Å². The third-order valence-corrected chi connectivity index (χ3v) is 12.1. The van der Waals surface area contributed by atoms with Gasteiger partial charge in [-0.3, -0.25) is 19.1 Å². The largest absolute Gasteiger partial charge is 0.511 e. The number of nitrogens with one attached hydrogen (secondary N) is 1. The van der Waals surface area contributed by atoms with Crippen molar-refractivity contribution in [3.05, 3.63) is 63.6 Å². The van der Waals surface area contributed by atoms with E-state index in [-0.39, 0.29) is 50.4 Å². The normalized spacial score (nSPS) is 19.5. The van der Waals surface area contributed by atoms with Crippen LogP contribution in [0.15, 0.2) is 45.6 Å². The number of oxazole rings is 1. The lowest BCUT2D eigenvalue weighted by atomic mass is 9.98. The van der Waals surface area contributed by atoms with Crippen molar-refractivity contribution in [2.45, 2.75) is 111 Å². The predicted molar refractivity (Wildman–Crippen MR) is 232 cm³/mol. The summed E-state index contributed by atoms with van der Waals surface area (Å²) >= 11 is 0. The molecule has 1 aromatic heterocycles. The van der Waals surface area contributed by atoms with Gasteiger partial charge in [0, 0.05) is 64.8 Å². The molecule has 5 heterocycles. The van der Waals surface area contributed by atoms with Crippen LogP contribution in [0.1, 0.15) is 83.4 Å². The number of benzene rings is 2. The van der Waals surface area contributed by atoms with Crippen LogP contribution in [-0.4, -0.2) is 132 Å². The van der Waals surface area contributed by atoms with E-state index in [4.69, 9.17) is 18.6 Å². The fraction of sp³-hybridized carbons (Fsp3) is 0.600. The number of hydrogen-bond acceptors (Lipinski definition) is 12. The summed E-state index contributed by atoms with van der Waals surface area (Å²) in [6, 6.07) is 11.2. The first-order chi connectivity index (χ1) is 29.2. The fourth-order valence-corrected chi connectivity index (χ4v) is 8.58. The number of aryl methyl sites for hydroxylation is 2. The number of carbonyl (C=O) groups excluding carboxylic acids is 5. The summed E-state index contributed by atoms with van der Waals surface area (Å²) in [5, 5.41) is 3.03. The van der Waals surface area contributed by atoms with Crippen LogP contribution in [-0.2, 0) is 48.4 Å². The van der Waals surface area contributed by atoms with Gasteiger partial charge in [-0.15, -0.1) is 0 Å². The quantitative estimate of drug-likeness (QED) is 0.149. The first-order valence-corrected chi connectivity index (χ1v) is 21.4. The van der Waals surface area contributed by atoms with Gasteiger partial charge in [0.15, 0.2) is 11.7 Å². The number of hydrogen-bond donors (Lipinski definition) is 1. The Kier molecular flexibility index (Phi) is 16.4. The number of nitrogens with zero attached hydrogens (tertiary/aromatic N) is 5. The minimum atomic E-state index is -1.00. The van der Waals surface area contributed by atoms with Crippen LogP contribution in [0.25, 0.3) is 11.1 Å². The van der Waals surface area contributed by atoms with Crippen LogP contribution >= 0.6 is 0 Å². The van der Waals surface area contributed by atoms with Crippen molar-refractivity contribution in [1.82, 2.24) is 24.2 Å². The van der Waals surface area contributed by atoms with Gasteiger partial charge in [-0.1, -0.05) is 38.6 Å². The van der Waals surface area contributed by atoms with E-state index >= 15 is 0 Å². The summed E-state index contributed by atoms with van der Waals surface area (Å²) in [6.07, 6.45) is 2.51. The van der Waals surface area contributed by atoms with Crippen molar-refractivity contribution in [3.63, 3.8) is 0 Å². The average Bonchev–Trinajstić information content (AvgIpc) is 3.73. The van der Waals surface area contributed by atoms with Crippen LogP contribution in [0.2, 0.25) is 0 Å². The molecule has 17 heteroatoms. The Hall–Kier alpha value is -5.58. The first-order valence-electron chi connectivity index (χ1n) is 21.4. The van der Waals surface area contributed by atoms with Gasteiger partial charge < -0.3 is 43.4 Å². The Balaban J connectivity index is 0.000000341. The number of piperidine rings is 2. The summed E-state index contributed by atoms with van der Waals surface area (Å²) in [4.78, 5) is 82.3. The van der Waals surface area contributed by atoms with Gasteiger partial charge in [0.05, 0.1) is 12.1 Å². The maximum atomic E-state index is 13.8. The van der Waals surface area contributed by atoms with E-state index in [2.05, 4.69) is 17.0 Å². The monoisotopic (exact) mass is 864 g/mol. The highest BCUT2D eigenvalue weighted by molar-refractivity contribution is 5.91. The number of esters is 1. The number of likely N-dealkylation sites (N-methyl/N-ethyl adjacent to an activating group) is 1. The van der Waals surface area contributed by atoms with Crippen molar-refractivity contribution < 1.29 is 47.3 Å². The van der Waals surface area contributed by atoms with E-state index in [1.807, 2.05) is 54.1 Å². The van der Waals surface area contributed by atoms with E-state index in [9.17, 15) is 28.8 Å². The van der Waals surface area contributed by atoms with Crippen LogP contribution < -0.4 is 11.1 Å². The van der Waals surface area contributed by atoms with Gasteiger partial charge >= 0.3 is 30.0 Å². The molecule has 1 unspecified atom stereocenters. The molecule has 4 amide bonds. The minimum absolute atomic E-state index is 0. The smallest absolute Gasteiger partial charge is 0.436 e. The highest BCUT2D eigenvalue weighted by Crippen LogP contribution is 2.27. The zero-order valence-corrected chi connectivity index (χ0v) is 36.2. The summed E-state index contributed by atoms with van der Waals surface area (Å²) in [5.41, 5.74) is 4.72. The Labute approximate surface area is 363 Å². The van der Waals surface area contributed by atoms with Crippen molar-refractivity contribution in [3.8, 4) is 0 Å². The second kappa shape index (κ2) is 21.5. The van der Waals surface area contributed by atoms with Gasteiger partial charge in [-0.2, -0.15) is 0 Å². The zero-order valence-electron chi connectivity index (χ0n) is 36.2. The Morgan fingerprint density at radius 1 is 0.887 bits per heavy atom. The molecular formula is C45H64N6O11. The number of carbonyl (C=O) groups is 5. The molecule has 3 aromatic rings. The van der Waals surface area contributed by atoms with E-state index in [1.165, 1.54) is 11.5 Å². The predicted octanol–water partition coefficient (Wildman–Crippen LogP) is 6.08. The molecule has 3 fully saturated rings. The topological polar surface area (TPSA) is 182 Å². The summed E-state index contributed by atoms with van der Waals surface area (Å²) in [5.74, 6) is -0.463. The first kappa shape index (κ1) is 47.5. The highest BCUT2D eigenvalue weighted by Gasteiger charge is 2.36. The molecule has 0 bridgehead atoms. The van der Waals surface area contributed by atoms with Crippen LogP contribution in [0, 0.1) is 12.8 Å². The molecule has 0 radical (unpaired) electrons. The van der Waals surface area contributed by atoms with Crippen LogP contribution in [0.3, 0.4) is 0 Å². The molecule has 3 atom stereocenters. The van der Waals surface area contributed by atoms with Crippen LogP contribution in [0.4, 0.5) is 20.1 Å². The number of urea groups is 1. The standard InChI is InChI=1S/C33H41N5O6.C11H19NO5.CH4/c1-21-8-13-36(14-9-21)30(39)28(20-23-18-22(2)29-27(19-23)43-32(41)35(29)3)44-33(42)37-15-11-25(12-16-37)38-17-10-24-6-4-5-7-26(24)34-31(38)40;1-4-15-11(14)17-8(2)16-10(13)9-6-5-7-12(9)3;/h4-7,18-19,21,25,28H,8-17,20H2,1-3H3,(H,34,40);8-9H,4-7H2,1-3H3;1H4/t28-;8?,9-;/m10./s1. The molecule has 340 valence electrons. The van der Waals surface area contributed by atoms with Crippen molar-refractivity contribution in [2.24, 2.45) is 13.0 Å². The molecule has 2 aromatic carbocycles. The maximum Gasteiger partial charge on any atom is 0.511 e. The average molecular weight is 865 g/mol. The van der Waals surface area contributed by atoms with E-state index in [0.29, 0.717) is 62.6 Å². The number of rotatable bonds is 9. The summed E-state index contributed by atoms with van der Waals surface area (Å²) < 4.78 is 27.2. The molecule has 17 nitrogen and oxygen atoms in total. The summed E-state index contributed by atoms with van der Waals surface area (Å²) in [7, 11) is 3.53. The third kappa shape index (κ3) is 11.7. The lowest BCUT2D eigenvalue weighted by Crippen LogP contribution is -2.51. The van der Waals surface area contributed by atoms with Gasteiger partial charge in [0.1, 0.15) is 6.04 Å². The molecular weight excluding hydrogens is 801 g/mol. The Morgan fingerprint density at radius 2 is 1.58 bits per heavy atom. The van der Waals surface area contributed by atoms with E-state index in [0.717, 1.165) is 61.0 Å². The molecule has 7 rings (SSSR count). The lowest BCUT2D eigenvalue weighted by Gasteiger charge is -2.38. The second-order valence-corrected chi connectivity index (χ2v) is 16.5. The Morgan fingerprint density at radius 3 is 2.26 bits per heavy atom. The number of likely N-dealkylation sites (tertiary alicyclic amines) is 3. The number of para-hydroxylation sites is 1. The number of amides is 4. The minimum Gasteiger partial charge on any atom is -0.436 e. The number of ether oxygens (including phenoxy) is 4. The van der Waals surface area contributed by atoms with E-state index < -0.39 is 30.4 Å². The van der Waals surface area contributed by atoms with Gasteiger partial charge in [-0.25, -0.2) is 19.2 Å². The van der Waals surface area contributed by atoms with Crippen molar-refractivity contribution in [1.29, 1.82) is 0 Å². The van der Waals surface area contributed by atoms with Crippen molar-refractivity contribution >= 4 is 46.9 Å². The molecule has 62 heavy (non-hydrogen) atoms. The number of fused-ring (bicyclic) bond motifs is 2. The molecule has 0 saturated carbocycles. The van der Waals surface area contributed by atoms with E-state index in [1.54, 1.807) is 29.8 Å². The second-order valence-electron chi connectivity index (χ2n) is 16.5. The molecule has 1 N–H and O–H groups in total. The molecule has 3 saturated heterocycles. The molecule has 4 aliphatic rings. The number of aromatic nitrogens is 1. The highest BCUT2D eigenvalue weighted by atomic mass is 16.8.